The average Bonchev–Trinajstić information content (AvgIpc) is 2.79. The van der Waals surface area contributed by atoms with Crippen LogP contribution in [0.5, 0.6) is 0 Å². The van der Waals surface area contributed by atoms with Crippen LogP contribution in [-0.2, 0) is 4.79 Å². The Morgan fingerprint density at radius 1 is 1.38 bits per heavy atom. The minimum absolute atomic E-state index is 0.105. The lowest BCUT2D eigenvalue weighted by atomic mass is 10.1. The van der Waals surface area contributed by atoms with Crippen molar-refractivity contribution in [2.24, 2.45) is 0 Å². The molecule has 1 heterocycles. The van der Waals surface area contributed by atoms with Crippen molar-refractivity contribution in [3.8, 4) is 0 Å². The van der Waals surface area contributed by atoms with Crippen LogP contribution in [0.2, 0.25) is 0 Å². The summed E-state index contributed by atoms with van der Waals surface area (Å²) in [4.78, 5) is 23.1. The normalized spacial score (nSPS) is 10.8. The van der Waals surface area contributed by atoms with E-state index in [2.05, 4.69) is 32.7 Å². The molecule has 0 radical (unpaired) electrons. The van der Waals surface area contributed by atoms with Gasteiger partial charge in [-0.1, -0.05) is 29.2 Å². The van der Waals surface area contributed by atoms with Gasteiger partial charge in [-0.05, 0) is 20.8 Å². The first-order chi connectivity index (χ1) is 9.80. The van der Waals surface area contributed by atoms with Crippen LogP contribution in [0.3, 0.4) is 0 Å². The summed E-state index contributed by atoms with van der Waals surface area (Å²) in [6, 6.07) is -0.501. The van der Waals surface area contributed by atoms with Crippen LogP contribution in [0.1, 0.15) is 20.8 Å². The zero-order valence-electron chi connectivity index (χ0n) is 12.2. The third-order valence-electron chi connectivity index (χ3n) is 1.87. The molecule has 0 spiro atoms. The summed E-state index contributed by atoms with van der Waals surface area (Å²) < 4.78 is 0.660. The number of nitrogens with one attached hydrogen (secondary N) is 3. The molecule has 21 heavy (non-hydrogen) atoms. The highest BCUT2D eigenvalue weighted by molar-refractivity contribution is 8.01. The average molecular weight is 329 g/mol. The lowest BCUT2D eigenvalue weighted by Crippen LogP contribution is -2.48. The number of hydrogen-bond acceptors (Lipinski definition) is 7. The molecule has 0 aromatic carbocycles. The molecular weight excluding hydrogens is 310 g/mol. The van der Waals surface area contributed by atoms with Crippen LogP contribution in [0.25, 0.3) is 0 Å². The minimum atomic E-state index is -0.501. The van der Waals surface area contributed by atoms with Crippen molar-refractivity contribution in [3.05, 3.63) is 12.7 Å². The maximum Gasteiger partial charge on any atom is 0.321 e. The number of amides is 3. The monoisotopic (exact) mass is 329 g/mol. The van der Waals surface area contributed by atoms with Crippen molar-refractivity contribution in [1.82, 2.24) is 20.8 Å². The van der Waals surface area contributed by atoms with Crippen molar-refractivity contribution < 1.29 is 9.59 Å². The maximum atomic E-state index is 11.6. The molecule has 9 heteroatoms. The van der Waals surface area contributed by atoms with E-state index in [4.69, 9.17) is 0 Å². The number of carbonyl (C=O) groups is 2. The zero-order valence-corrected chi connectivity index (χ0v) is 13.9. The Balaban J connectivity index is 2.34. The highest BCUT2D eigenvalue weighted by Crippen LogP contribution is 2.24. The van der Waals surface area contributed by atoms with Gasteiger partial charge in [-0.2, -0.15) is 0 Å². The molecule has 0 bridgehead atoms. The number of nitrogens with zero attached hydrogens (tertiary/aromatic N) is 2. The fourth-order valence-electron chi connectivity index (χ4n) is 1.16. The van der Waals surface area contributed by atoms with Gasteiger partial charge < -0.3 is 10.6 Å². The van der Waals surface area contributed by atoms with E-state index in [1.807, 2.05) is 20.8 Å². The highest BCUT2D eigenvalue weighted by Gasteiger charge is 2.16. The fourth-order valence-corrected chi connectivity index (χ4v) is 2.72. The molecule has 0 aliphatic rings. The zero-order chi connectivity index (χ0) is 15.9. The first-order valence-electron chi connectivity index (χ1n) is 6.23. The van der Waals surface area contributed by atoms with Crippen LogP contribution >= 0.6 is 23.1 Å². The van der Waals surface area contributed by atoms with Gasteiger partial charge in [-0.25, -0.2) is 4.79 Å². The van der Waals surface area contributed by atoms with E-state index >= 15 is 0 Å². The maximum absolute atomic E-state index is 11.6. The van der Waals surface area contributed by atoms with Crippen molar-refractivity contribution in [3.63, 3.8) is 0 Å². The number of urea groups is 1. The highest BCUT2D eigenvalue weighted by atomic mass is 32.2. The van der Waals surface area contributed by atoms with Gasteiger partial charge >= 0.3 is 6.03 Å². The Hall–Kier alpha value is -1.61. The number of imide groups is 1. The number of anilines is 1. The second kappa shape index (κ2) is 7.99. The topological polar surface area (TPSA) is 96.0 Å². The molecule has 0 unspecified atom stereocenters. The SMILES string of the molecule is C=CCNc1nnc(SCC(=O)NC(=O)NC(C)(C)C)s1. The molecule has 0 saturated carbocycles. The second-order valence-corrected chi connectivity index (χ2v) is 7.28. The molecule has 0 saturated heterocycles. The first kappa shape index (κ1) is 17.4. The molecular formula is C12H19N5O2S2. The fraction of sp³-hybridized carbons (Fsp3) is 0.500. The van der Waals surface area contributed by atoms with Crippen LogP contribution < -0.4 is 16.0 Å². The Labute approximate surface area is 132 Å². The molecule has 116 valence electrons. The largest absolute Gasteiger partial charge is 0.357 e. The molecule has 3 N–H and O–H groups in total. The number of rotatable bonds is 6. The van der Waals surface area contributed by atoms with Crippen LogP contribution in [0.15, 0.2) is 17.0 Å². The molecule has 3 amide bonds. The van der Waals surface area contributed by atoms with Crippen molar-refractivity contribution >= 4 is 40.2 Å². The summed E-state index contributed by atoms with van der Waals surface area (Å²) in [6.45, 7) is 9.71. The summed E-state index contributed by atoms with van der Waals surface area (Å²) in [5.41, 5.74) is -0.386. The Morgan fingerprint density at radius 2 is 2.10 bits per heavy atom. The molecule has 1 rings (SSSR count). The van der Waals surface area contributed by atoms with Crippen molar-refractivity contribution in [1.29, 1.82) is 0 Å². The first-order valence-corrected chi connectivity index (χ1v) is 8.03. The standard InChI is InChI=1S/C12H19N5O2S2/c1-5-6-13-10-16-17-11(21-10)20-7-8(18)14-9(19)15-12(2,3)4/h5H,1,6-7H2,2-4H3,(H,13,16)(H2,14,15,18,19). The lowest BCUT2D eigenvalue weighted by molar-refractivity contribution is -0.117. The molecule has 7 nitrogen and oxygen atoms in total. The van der Waals surface area contributed by atoms with Gasteiger partial charge in [0.05, 0.1) is 5.75 Å². The van der Waals surface area contributed by atoms with Crippen LogP contribution in [0, 0.1) is 0 Å². The van der Waals surface area contributed by atoms with Crippen LogP contribution in [-0.4, -0.2) is 40.0 Å². The molecule has 1 aromatic heterocycles. The molecule has 0 aliphatic carbocycles. The van der Waals surface area contributed by atoms with E-state index in [1.165, 1.54) is 23.1 Å². The van der Waals surface area contributed by atoms with Crippen molar-refractivity contribution in [2.75, 3.05) is 17.6 Å². The van der Waals surface area contributed by atoms with E-state index in [-0.39, 0.29) is 17.2 Å². The van der Waals surface area contributed by atoms with E-state index in [1.54, 1.807) is 6.08 Å². The summed E-state index contributed by atoms with van der Waals surface area (Å²) >= 11 is 2.57. The Morgan fingerprint density at radius 3 is 2.71 bits per heavy atom. The summed E-state index contributed by atoms with van der Waals surface area (Å²) in [6.07, 6.45) is 1.72. The van der Waals surface area contributed by atoms with E-state index in [0.717, 1.165) is 0 Å². The van der Waals surface area contributed by atoms with E-state index < -0.39 is 6.03 Å². The molecule has 0 aliphatic heterocycles. The predicted molar refractivity (Wildman–Crippen MR) is 85.7 cm³/mol. The Kier molecular flexibility index (Phi) is 6.63. The summed E-state index contributed by atoms with van der Waals surface area (Å²) in [5.74, 6) is -0.272. The smallest absolute Gasteiger partial charge is 0.321 e. The molecule has 0 fully saturated rings. The Bertz CT molecular complexity index is 510. The number of thioether (sulfide) groups is 1. The number of hydrogen-bond donors (Lipinski definition) is 3. The van der Waals surface area contributed by atoms with E-state index in [9.17, 15) is 9.59 Å². The molecule has 0 atom stereocenters. The third-order valence-corrected chi connectivity index (χ3v) is 3.89. The van der Waals surface area contributed by atoms with Gasteiger partial charge in [0.2, 0.25) is 11.0 Å². The van der Waals surface area contributed by atoms with E-state index in [0.29, 0.717) is 16.0 Å². The number of carbonyl (C=O) groups excluding carboxylic acids is 2. The summed E-state index contributed by atoms with van der Waals surface area (Å²) in [5, 5.41) is 16.4. The minimum Gasteiger partial charge on any atom is -0.357 e. The second-order valence-electron chi connectivity index (χ2n) is 5.08. The lowest BCUT2D eigenvalue weighted by Gasteiger charge is -2.20. The number of aromatic nitrogens is 2. The summed E-state index contributed by atoms with van der Waals surface area (Å²) in [7, 11) is 0. The van der Waals surface area contributed by atoms with Gasteiger partial charge in [-0.15, -0.1) is 16.8 Å². The van der Waals surface area contributed by atoms with Crippen molar-refractivity contribution in [2.45, 2.75) is 30.6 Å². The van der Waals surface area contributed by atoms with Crippen LogP contribution in [0.4, 0.5) is 9.93 Å². The molecule has 1 aromatic rings. The predicted octanol–water partition coefficient (Wildman–Crippen LogP) is 1.85. The van der Waals surface area contributed by atoms with Gasteiger partial charge in [0.25, 0.3) is 0 Å². The van der Waals surface area contributed by atoms with Gasteiger partial charge in [-0.3, -0.25) is 10.1 Å². The quantitative estimate of drug-likeness (QED) is 0.544. The van der Waals surface area contributed by atoms with Gasteiger partial charge in [0.1, 0.15) is 0 Å². The third kappa shape index (κ3) is 7.66. The van der Waals surface area contributed by atoms with Gasteiger partial charge in [0.15, 0.2) is 4.34 Å². The van der Waals surface area contributed by atoms with Gasteiger partial charge in [0, 0.05) is 12.1 Å².